The first kappa shape index (κ1) is 15.4. The molecule has 0 unspecified atom stereocenters. The number of aryl methyl sites for hydroxylation is 2. The fraction of sp³-hybridized carbons (Fsp3) is 0.368. The molecule has 0 aliphatic heterocycles. The Morgan fingerprint density at radius 3 is 2.38 bits per heavy atom. The molecule has 2 aromatic carbocycles. The zero-order chi connectivity index (χ0) is 15.1. The molecule has 2 nitrogen and oxygen atoms in total. The number of hydrogen-bond acceptors (Lipinski definition) is 2. The second-order valence-electron chi connectivity index (χ2n) is 5.40. The van der Waals surface area contributed by atoms with E-state index in [0.717, 1.165) is 36.5 Å². The molecule has 0 amide bonds. The van der Waals surface area contributed by atoms with Gasteiger partial charge in [-0.1, -0.05) is 43.2 Å². The van der Waals surface area contributed by atoms with E-state index in [2.05, 4.69) is 51.1 Å². The van der Waals surface area contributed by atoms with E-state index in [1.54, 1.807) is 0 Å². The van der Waals surface area contributed by atoms with E-state index in [4.69, 9.17) is 9.47 Å². The van der Waals surface area contributed by atoms with Crippen LogP contribution in [0.2, 0.25) is 0 Å². The summed E-state index contributed by atoms with van der Waals surface area (Å²) in [4.78, 5) is 0. The summed E-state index contributed by atoms with van der Waals surface area (Å²) in [7, 11) is 0. The monoisotopic (exact) mass is 284 g/mol. The average Bonchev–Trinajstić information content (AvgIpc) is 2.49. The van der Waals surface area contributed by atoms with Crippen LogP contribution in [0.1, 0.15) is 36.5 Å². The van der Waals surface area contributed by atoms with Gasteiger partial charge in [0.1, 0.15) is 18.1 Å². The molecule has 0 aliphatic carbocycles. The van der Waals surface area contributed by atoms with Crippen molar-refractivity contribution in [3.05, 3.63) is 59.2 Å². The Balaban J connectivity index is 1.96. The van der Waals surface area contributed by atoms with Crippen molar-refractivity contribution in [2.45, 2.75) is 40.2 Å². The molecule has 0 atom stereocenters. The predicted octanol–water partition coefficient (Wildman–Crippen LogP) is 5.06. The van der Waals surface area contributed by atoms with E-state index < -0.39 is 0 Å². The van der Waals surface area contributed by atoms with Gasteiger partial charge in [-0.05, 0) is 49.6 Å². The topological polar surface area (TPSA) is 18.5 Å². The number of ether oxygens (including phenoxy) is 2. The highest BCUT2D eigenvalue weighted by Gasteiger charge is 2.03. The van der Waals surface area contributed by atoms with Crippen LogP contribution in [0, 0.1) is 13.8 Å². The molecule has 0 heterocycles. The Morgan fingerprint density at radius 1 is 0.905 bits per heavy atom. The average molecular weight is 284 g/mol. The number of rotatable bonds is 7. The fourth-order valence-corrected chi connectivity index (χ4v) is 2.02. The van der Waals surface area contributed by atoms with E-state index >= 15 is 0 Å². The van der Waals surface area contributed by atoms with E-state index in [1.807, 2.05) is 12.1 Å². The van der Waals surface area contributed by atoms with Crippen molar-refractivity contribution in [1.29, 1.82) is 0 Å². The molecule has 2 heteroatoms. The molecule has 0 aromatic heterocycles. The van der Waals surface area contributed by atoms with Gasteiger partial charge in [-0.2, -0.15) is 0 Å². The Labute approximate surface area is 127 Å². The molecule has 2 aromatic rings. The highest BCUT2D eigenvalue weighted by molar-refractivity contribution is 5.36. The van der Waals surface area contributed by atoms with Crippen molar-refractivity contribution >= 4 is 0 Å². The highest BCUT2D eigenvalue weighted by Crippen LogP contribution is 2.21. The molecule has 0 bridgehead atoms. The Hall–Kier alpha value is -1.96. The van der Waals surface area contributed by atoms with Crippen LogP contribution in [0.25, 0.3) is 0 Å². The summed E-state index contributed by atoms with van der Waals surface area (Å²) in [6.07, 6.45) is 2.23. The lowest BCUT2D eigenvalue weighted by Crippen LogP contribution is -2.01. The minimum atomic E-state index is 0.563. The van der Waals surface area contributed by atoms with Crippen LogP contribution >= 0.6 is 0 Å². The van der Waals surface area contributed by atoms with Crippen molar-refractivity contribution in [3.8, 4) is 11.5 Å². The Kier molecular flexibility index (Phi) is 5.68. The minimum absolute atomic E-state index is 0.563. The van der Waals surface area contributed by atoms with Crippen molar-refractivity contribution in [1.82, 2.24) is 0 Å². The van der Waals surface area contributed by atoms with E-state index in [-0.39, 0.29) is 0 Å². The zero-order valence-corrected chi connectivity index (χ0v) is 13.2. The quantitative estimate of drug-likeness (QED) is 0.661. The van der Waals surface area contributed by atoms with Gasteiger partial charge in [0, 0.05) is 0 Å². The second kappa shape index (κ2) is 7.72. The van der Waals surface area contributed by atoms with Crippen molar-refractivity contribution in [3.63, 3.8) is 0 Å². The summed E-state index contributed by atoms with van der Waals surface area (Å²) < 4.78 is 11.6. The van der Waals surface area contributed by atoms with E-state index in [9.17, 15) is 0 Å². The molecule has 112 valence electrons. The lowest BCUT2D eigenvalue weighted by Gasteiger charge is -2.12. The molecule has 0 aliphatic rings. The van der Waals surface area contributed by atoms with E-state index in [1.165, 1.54) is 11.1 Å². The maximum absolute atomic E-state index is 5.83. The van der Waals surface area contributed by atoms with Gasteiger partial charge >= 0.3 is 0 Å². The van der Waals surface area contributed by atoms with Crippen LogP contribution in [-0.2, 0) is 6.61 Å². The summed E-state index contributed by atoms with van der Waals surface area (Å²) in [5, 5.41) is 0. The summed E-state index contributed by atoms with van der Waals surface area (Å²) in [6.45, 7) is 7.66. The van der Waals surface area contributed by atoms with Crippen molar-refractivity contribution in [2.24, 2.45) is 0 Å². The summed E-state index contributed by atoms with van der Waals surface area (Å²) in [5.74, 6) is 1.86. The first-order valence-corrected chi connectivity index (χ1v) is 7.61. The van der Waals surface area contributed by atoms with Gasteiger partial charge in [-0.3, -0.25) is 0 Å². The van der Waals surface area contributed by atoms with Gasteiger partial charge in [0.05, 0.1) is 6.61 Å². The number of unbranched alkanes of at least 4 members (excludes halogenated alkanes) is 1. The van der Waals surface area contributed by atoms with Crippen LogP contribution in [0.4, 0.5) is 0 Å². The zero-order valence-electron chi connectivity index (χ0n) is 13.2. The van der Waals surface area contributed by atoms with E-state index in [0.29, 0.717) is 6.61 Å². The molecule has 0 N–H and O–H groups in total. The number of benzene rings is 2. The lowest BCUT2D eigenvalue weighted by atomic mass is 10.1. The molecular weight excluding hydrogens is 260 g/mol. The lowest BCUT2D eigenvalue weighted by molar-refractivity contribution is 0.296. The number of hydrogen-bond donors (Lipinski definition) is 0. The van der Waals surface area contributed by atoms with Crippen molar-refractivity contribution in [2.75, 3.05) is 6.61 Å². The van der Waals surface area contributed by atoms with Crippen LogP contribution in [-0.4, -0.2) is 6.61 Å². The van der Waals surface area contributed by atoms with Gasteiger partial charge in [-0.25, -0.2) is 0 Å². The molecular formula is C19H24O2. The highest BCUT2D eigenvalue weighted by atomic mass is 16.5. The third-order valence-corrected chi connectivity index (χ3v) is 3.43. The summed E-state index contributed by atoms with van der Waals surface area (Å²) in [5.41, 5.74) is 3.54. The van der Waals surface area contributed by atoms with Crippen LogP contribution < -0.4 is 9.47 Å². The van der Waals surface area contributed by atoms with Crippen LogP contribution in [0.3, 0.4) is 0 Å². The van der Waals surface area contributed by atoms with Crippen LogP contribution in [0.15, 0.2) is 42.5 Å². The fourth-order valence-electron chi connectivity index (χ4n) is 2.02. The summed E-state index contributed by atoms with van der Waals surface area (Å²) >= 11 is 0. The first-order chi connectivity index (χ1) is 10.2. The Bertz CT molecular complexity index is 558. The predicted molar refractivity (Wildman–Crippen MR) is 87.1 cm³/mol. The van der Waals surface area contributed by atoms with Crippen molar-refractivity contribution < 1.29 is 9.47 Å². The first-order valence-electron chi connectivity index (χ1n) is 7.61. The third-order valence-electron chi connectivity index (χ3n) is 3.43. The molecule has 0 fully saturated rings. The normalized spacial score (nSPS) is 10.4. The van der Waals surface area contributed by atoms with Crippen LogP contribution in [0.5, 0.6) is 11.5 Å². The second-order valence-corrected chi connectivity index (χ2v) is 5.40. The molecule has 0 saturated carbocycles. The molecule has 0 radical (unpaired) electrons. The maximum atomic E-state index is 5.83. The van der Waals surface area contributed by atoms with Gasteiger partial charge in [0.15, 0.2) is 0 Å². The molecule has 21 heavy (non-hydrogen) atoms. The SMILES string of the molecule is CCCCOc1cc(COc2ccc(C)cc2)ccc1C. The molecule has 2 rings (SSSR count). The maximum Gasteiger partial charge on any atom is 0.122 e. The molecule has 0 saturated heterocycles. The summed E-state index contributed by atoms with van der Waals surface area (Å²) in [6, 6.07) is 14.4. The largest absolute Gasteiger partial charge is 0.493 e. The minimum Gasteiger partial charge on any atom is -0.493 e. The smallest absolute Gasteiger partial charge is 0.122 e. The third kappa shape index (κ3) is 4.82. The Morgan fingerprint density at radius 2 is 1.67 bits per heavy atom. The standard InChI is InChI=1S/C19H24O2/c1-4-5-12-20-19-13-17(9-8-16(19)3)14-21-18-10-6-15(2)7-11-18/h6-11,13H,4-5,12,14H2,1-3H3. The van der Waals surface area contributed by atoms with Gasteiger partial charge in [-0.15, -0.1) is 0 Å². The van der Waals surface area contributed by atoms with Gasteiger partial charge in [0.2, 0.25) is 0 Å². The van der Waals surface area contributed by atoms with Gasteiger partial charge < -0.3 is 9.47 Å². The van der Waals surface area contributed by atoms with Gasteiger partial charge in [0.25, 0.3) is 0 Å². The molecule has 0 spiro atoms.